The van der Waals surface area contributed by atoms with Gasteiger partial charge in [-0.2, -0.15) is 5.10 Å². The van der Waals surface area contributed by atoms with E-state index in [1.807, 2.05) is 6.20 Å². The van der Waals surface area contributed by atoms with E-state index < -0.39 is 6.09 Å². The van der Waals surface area contributed by atoms with Crippen LogP contribution < -0.4 is 15.0 Å². The number of carbonyl (C=O) groups is 2. The molecule has 0 unspecified atom stereocenters. The van der Waals surface area contributed by atoms with Crippen molar-refractivity contribution >= 4 is 17.7 Å². The highest BCUT2D eigenvalue weighted by Crippen LogP contribution is 2.40. The SMILES string of the molecule is COC(=O)NC[C@H]1CC[C@H](C(=O)N(C[C@H]2CC[C@H](c3ccc(OC)c(C)c3)CC2)c2cccc(-c3cnn(C4CC4)c3)c2)CC1. The number of hydrogen-bond acceptors (Lipinski definition) is 5. The van der Waals surface area contributed by atoms with Crippen LogP contribution in [0.1, 0.15) is 87.3 Å². The molecule has 0 aliphatic heterocycles. The standard InChI is InChI=1S/C37H48N4O4/c1-25-19-31(15-18-35(25)44-2)28-11-9-27(10-12-28)23-40(36(42)29-13-7-26(8-14-29)21-38-37(43)45-3)34-6-4-5-30(20-34)32-22-39-41(24-32)33-16-17-33/h4-6,15,18-20,22,24,26-29,33H,7-14,16-17,21,23H2,1-3H3,(H,38,43)/t26-,27-,28-,29-. The van der Waals surface area contributed by atoms with E-state index in [0.29, 0.717) is 30.3 Å². The van der Waals surface area contributed by atoms with Gasteiger partial charge in [0, 0.05) is 36.5 Å². The van der Waals surface area contributed by atoms with Gasteiger partial charge in [0.2, 0.25) is 5.91 Å². The minimum atomic E-state index is -0.390. The van der Waals surface area contributed by atoms with Gasteiger partial charge in [-0.25, -0.2) is 4.79 Å². The Kier molecular flexibility index (Phi) is 9.76. The monoisotopic (exact) mass is 612 g/mol. The van der Waals surface area contributed by atoms with E-state index in [4.69, 9.17) is 9.47 Å². The zero-order chi connectivity index (χ0) is 31.3. The average Bonchev–Trinajstić information content (AvgIpc) is 3.82. The van der Waals surface area contributed by atoms with E-state index in [9.17, 15) is 9.59 Å². The maximum Gasteiger partial charge on any atom is 0.406 e. The molecule has 3 aliphatic carbocycles. The van der Waals surface area contributed by atoms with Gasteiger partial charge in [-0.3, -0.25) is 9.48 Å². The van der Waals surface area contributed by atoms with Crippen LogP contribution in [0.25, 0.3) is 11.1 Å². The first-order valence-electron chi connectivity index (χ1n) is 16.8. The number of benzene rings is 2. The Balaban J connectivity index is 1.16. The number of carbonyl (C=O) groups excluding carboxylic acids is 2. The summed E-state index contributed by atoms with van der Waals surface area (Å²) in [6.45, 7) is 3.47. The molecular formula is C37H48N4O4. The molecule has 0 spiro atoms. The fraction of sp³-hybridized carbons (Fsp3) is 0.541. The summed E-state index contributed by atoms with van der Waals surface area (Å²) in [6, 6.07) is 15.6. The predicted octanol–water partition coefficient (Wildman–Crippen LogP) is 7.67. The van der Waals surface area contributed by atoms with Crippen molar-refractivity contribution < 1.29 is 19.1 Å². The lowest BCUT2D eigenvalue weighted by atomic mass is 9.77. The largest absolute Gasteiger partial charge is 0.496 e. The van der Waals surface area contributed by atoms with Gasteiger partial charge in [-0.15, -0.1) is 0 Å². The normalized spacial score (nSPS) is 23.3. The minimum absolute atomic E-state index is 0.000682. The molecule has 3 aliphatic rings. The highest BCUT2D eigenvalue weighted by Gasteiger charge is 2.33. The van der Waals surface area contributed by atoms with Crippen LogP contribution >= 0.6 is 0 Å². The van der Waals surface area contributed by atoms with E-state index in [2.05, 4.69) is 75.6 Å². The lowest BCUT2D eigenvalue weighted by molar-refractivity contribution is -0.123. The van der Waals surface area contributed by atoms with Crippen molar-refractivity contribution in [2.45, 2.75) is 83.1 Å². The number of aryl methyl sites for hydroxylation is 1. The van der Waals surface area contributed by atoms with Crippen molar-refractivity contribution in [3.05, 3.63) is 66.0 Å². The summed E-state index contributed by atoms with van der Waals surface area (Å²) in [6.07, 6.45) is 14.2. The van der Waals surface area contributed by atoms with Crippen LogP contribution in [0.4, 0.5) is 10.5 Å². The van der Waals surface area contributed by atoms with Gasteiger partial charge in [0.05, 0.1) is 26.5 Å². The number of methoxy groups -OCH3 is 2. The molecule has 0 bridgehead atoms. The maximum atomic E-state index is 14.3. The molecule has 1 N–H and O–H groups in total. The van der Waals surface area contributed by atoms with Crippen LogP contribution in [0, 0.1) is 24.7 Å². The van der Waals surface area contributed by atoms with Crippen molar-refractivity contribution in [2.75, 3.05) is 32.2 Å². The van der Waals surface area contributed by atoms with E-state index >= 15 is 0 Å². The highest BCUT2D eigenvalue weighted by molar-refractivity contribution is 5.95. The third-order valence-electron chi connectivity index (χ3n) is 10.4. The van der Waals surface area contributed by atoms with Crippen molar-refractivity contribution in [1.29, 1.82) is 0 Å². The molecule has 0 radical (unpaired) electrons. The lowest BCUT2D eigenvalue weighted by Crippen LogP contribution is -2.42. The summed E-state index contributed by atoms with van der Waals surface area (Å²) in [4.78, 5) is 28.0. The fourth-order valence-electron chi connectivity index (χ4n) is 7.43. The highest BCUT2D eigenvalue weighted by atomic mass is 16.5. The molecule has 1 aromatic heterocycles. The zero-order valence-corrected chi connectivity index (χ0v) is 27.0. The average molecular weight is 613 g/mol. The molecule has 240 valence electrons. The quantitative estimate of drug-likeness (QED) is 0.254. The van der Waals surface area contributed by atoms with Gasteiger partial charge in [-0.05, 0) is 124 Å². The number of nitrogens with one attached hydrogen (secondary N) is 1. The Hall–Kier alpha value is -3.81. The second-order valence-corrected chi connectivity index (χ2v) is 13.5. The fourth-order valence-corrected chi connectivity index (χ4v) is 7.43. The molecule has 6 rings (SSSR count). The molecule has 8 heteroatoms. The van der Waals surface area contributed by atoms with Gasteiger partial charge in [0.1, 0.15) is 5.75 Å². The molecule has 3 fully saturated rings. The minimum Gasteiger partial charge on any atom is -0.496 e. The third-order valence-corrected chi connectivity index (χ3v) is 10.4. The topological polar surface area (TPSA) is 85.7 Å². The smallest absolute Gasteiger partial charge is 0.406 e. The second-order valence-electron chi connectivity index (χ2n) is 13.5. The Morgan fingerprint density at radius 2 is 1.67 bits per heavy atom. The molecule has 0 saturated heterocycles. The van der Waals surface area contributed by atoms with Crippen LogP contribution in [0.3, 0.4) is 0 Å². The van der Waals surface area contributed by atoms with Gasteiger partial charge < -0.3 is 19.7 Å². The summed E-state index contributed by atoms with van der Waals surface area (Å²) >= 11 is 0. The predicted molar refractivity (Wildman–Crippen MR) is 177 cm³/mol. The first-order valence-corrected chi connectivity index (χ1v) is 16.8. The van der Waals surface area contributed by atoms with Crippen LogP contribution in [0.2, 0.25) is 0 Å². The van der Waals surface area contributed by atoms with Crippen LogP contribution in [0.5, 0.6) is 5.75 Å². The number of hydrogen-bond donors (Lipinski definition) is 1. The summed E-state index contributed by atoms with van der Waals surface area (Å²) in [5.41, 5.74) is 5.78. The number of nitrogens with zero attached hydrogens (tertiary/aromatic N) is 3. The maximum absolute atomic E-state index is 14.3. The van der Waals surface area contributed by atoms with E-state index in [-0.39, 0.29) is 11.8 Å². The van der Waals surface area contributed by atoms with Gasteiger partial charge in [0.15, 0.2) is 0 Å². The molecule has 8 nitrogen and oxygen atoms in total. The number of amides is 2. The van der Waals surface area contributed by atoms with Crippen molar-refractivity contribution in [2.24, 2.45) is 17.8 Å². The van der Waals surface area contributed by atoms with Crippen molar-refractivity contribution in [1.82, 2.24) is 15.1 Å². The lowest BCUT2D eigenvalue weighted by Gasteiger charge is -2.36. The zero-order valence-electron chi connectivity index (χ0n) is 27.0. The molecule has 0 atom stereocenters. The first kappa shape index (κ1) is 31.2. The second kappa shape index (κ2) is 14.1. The molecule has 1 heterocycles. The third kappa shape index (κ3) is 7.54. The van der Waals surface area contributed by atoms with Gasteiger partial charge in [0.25, 0.3) is 0 Å². The summed E-state index contributed by atoms with van der Waals surface area (Å²) in [5, 5.41) is 7.45. The molecular weight excluding hydrogens is 564 g/mol. The van der Waals surface area contributed by atoms with Crippen LogP contribution in [0.15, 0.2) is 54.9 Å². The van der Waals surface area contributed by atoms with E-state index in [1.165, 1.54) is 31.1 Å². The van der Waals surface area contributed by atoms with Crippen LogP contribution in [-0.2, 0) is 9.53 Å². The number of aromatic nitrogens is 2. The Morgan fingerprint density at radius 1 is 0.911 bits per heavy atom. The Bertz CT molecular complexity index is 1460. The first-order chi connectivity index (χ1) is 21.9. The van der Waals surface area contributed by atoms with Crippen LogP contribution in [-0.4, -0.2) is 49.1 Å². The molecule has 2 aromatic carbocycles. The summed E-state index contributed by atoms with van der Waals surface area (Å²) in [7, 11) is 3.12. The molecule has 2 amide bonds. The summed E-state index contributed by atoms with van der Waals surface area (Å²) in [5.74, 6) is 2.58. The number of alkyl carbamates (subject to hydrolysis) is 1. The summed E-state index contributed by atoms with van der Waals surface area (Å²) < 4.78 is 12.3. The van der Waals surface area contributed by atoms with Gasteiger partial charge in [-0.1, -0.05) is 24.3 Å². The van der Waals surface area contributed by atoms with E-state index in [0.717, 1.165) is 80.5 Å². The van der Waals surface area contributed by atoms with Gasteiger partial charge >= 0.3 is 6.09 Å². The number of anilines is 1. The van der Waals surface area contributed by atoms with E-state index in [1.54, 1.807) is 7.11 Å². The molecule has 3 aromatic rings. The number of ether oxygens (including phenoxy) is 2. The Morgan fingerprint density at radius 3 is 2.36 bits per heavy atom. The van der Waals surface area contributed by atoms with Crippen molar-refractivity contribution in [3.8, 4) is 16.9 Å². The van der Waals surface area contributed by atoms with Crippen molar-refractivity contribution in [3.63, 3.8) is 0 Å². The molecule has 45 heavy (non-hydrogen) atoms. The Labute approximate surface area is 267 Å². The molecule has 3 saturated carbocycles. The number of rotatable bonds is 10.